The Balaban J connectivity index is 1.67. The van der Waals surface area contributed by atoms with Crippen LogP contribution in [-0.4, -0.2) is 51.8 Å². The Morgan fingerprint density at radius 2 is 1.89 bits per heavy atom. The van der Waals surface area contributed by atoms with Crippen molar-refractivity contribution >= 4 is 25.6 Å². The maximum Gasteiger partial charge on any atom is 0.417 e. The second-order valence-electron chi connectivity index (χ2n) is 10.4. The van der Waals surface area contributed by atoms with E-state index in [1.165, 1.54) is 17.0 Å². The minimum atomic E-state index is -4.69. The van der Waals surface area contributed by atoms with Crippen molar-refractivity contribution in [1.82, 2.24) is 24.6 Å². The maximum absolute atomic E-state index is 13.5. The van der Waals surface area contributed by atoms with Gasteiger partial charge in [0.2, 0.25) is 0 Å². The van der Waals surface area contributed by atoms with Gasteiger partial charge in [0, 0.05) is 26.8 Å². The number of nitrogens with zero attached hydrogens (tertiary/aromatic N) is 5. The van der Waals surface area contributed by atoms with E-state index in [1.54, 1.807) is 11.6 Å². The van der Waals surface area contributed by atoms with E-state index in [-0.39, 0.29) is 24.7 Å². The number of fused-ring (bicyclic) bond motifs is 1. The van der Waals surface area contributed by atoms with E-state index >= 15 is 0 Å². The van der Waals surface area contributed by atoms with Crippen LogP contribution in [0.2, 0.25) is 30.7 Å². The minimum Gasteiger partial charge on any atom is -0.360 e. The van der Waals surface area contributed by atoms with Crippen LogP contribution in [-0.2, 0) is 24.1 Å². The van der Waals surface area contributed by atoms with Crippen molar-refractivity contribution in [3.63, 3.8) is 0 Å². The lowest BCUT2D eigenvalue weighted by Crippen LogP contribution is -2.39. The predicted octanol–water partition coefficient (Wildman–Crippen LogP) is 6.22. The van der Waals surface area contributed by atoms with E-state index in [1.807, 2.05) is 0 Å². The average molecular weight is 570 g/mol. The topological polar surface area (TPSA) is 73.1 Å². The molecule has 4 rings (SSSR count). The van der Waals surface area contributed by atoms with Gasteiger partial charge < -0.3 is 9.64 Å². The lowest BCUT2D eigenvalue weighted by atomic mass is 9.97. The number of amides is 1. The summed E-state index contributed by atoms with van der Waals surface area (Å²) >= 11 is 6.03. The molecule has 0 fully saturated rings. The summed E-state index contributed by atoms with van der Waals surface area (Å²) in [4.78, 5) is 23.1. The van der Waals surface area contributed by atoms with Gasteiger partial charge in [-0.1, -0.05) is 37.3 Å². The molecule has 0 aliphatic carbocycles. The molecule has 1 aliphatic heterocycles. The van der Waals surface area contributed by atoms with E-state index in [9.17, 15) is 22.4 Å². The molecular weight excluding hydrogens is 542 g/mol. The summed E-state index contributed by atoms with van der Waals surface area (Å²) in [6.07, 6.45) is -2.22. The van der Waals surface area contributed by atoms with E-state index in [0.29, 0.717) is 24.4 Å². The quantitative estimate of drug-likeness (QED) is 0.192. The summed E-state index contributed by atoms with van der Waals surface area (Å²) in [7, 11) is -1.32. The summed E-state index contributed by atoms with van der Waals surface area (Å²) in [5.74, 6) is -0.940. The first-order chi connectivity index (χ1) is 17.8. The molecule has 38 heavy (non-hydrogen) atoms. The fraction of sp³-hybridized carbons (Fsp3) is 0.440. The van der Waals surface area contributed by atoms with Crippen LogP contribution >= 0.6 is 11.6 Å². The third kappa shape index (κ3) is 5.92. The Hall–Kier alpha value is -2.83. The van der Waals surface area contributed by atoms with Crippen LogP contribution in [0.1, 0.15) is 40.1 Å². The van der Waals surface area contributed by atoms with E-state index in [0.717, 1.165) is 30.1 Å². The molecular formula is C25H28ClF4N5O2Si. The van der Waals surface area contributed by atoms with Crippen molar-refractivity contribution in [2.24, 2.45) is 0 Å². The first-order valence-corrected chi connectivity index (χ1v) is 16.2. The molecule has 3 aromatic rings. The van der Waals surface area contributed by atoms with Gasteiger partial charge in [-0.3, -0.25) is 4.79 Å². The normalized spacial score (nSPS) is 16.0. The molecule has 1 amide bonds. The van der Waals surface area contributed by atoms with Crippen LogP contribution in [0.5, 0.6) is 0 Å². The van der Waals surface area contributed by atoms with Gasteiger partial charge in [0.1, 0.15) is 12.4 Å². The second kappa shape index (κ2) is 10.7. The SMILES string of the molecule is C[C@@H]1c2nn(COCC[Si](C)(C)C)c(-c3ncc(F)cn3)c2CCN1C(=O)c1cccc(C(F)(F)F)c1Cl. The van der Waals surface area contributed by atoms with Crippen LogP contribution in [0, 0.1) is 5.82 Å². The molecule has 0 N–H and O–H groups in total. The summed E-state index contributed by atoms with van der Waals surface area (Å²) < 4.78 is 61.1. The Morgan fingerprint density at radius 3 is 2.53 bits per heavy atom. The highest BCUT2D eigenvalue weighted by atomic mass is 35.5. The highest BCUT2D eigenvalue weighted by Gasteiger charge is 2.38. The molecule has 0 unspecified atom stereocenters. The molecule has 7 nitrogen and oxygen atoms in total. The Kier molecular flexibility index (Phi) is 7.96. The maximum atomic E-state index is 13.5. The third-order valence-electron chi connectivity index (χ3n) is 6.39. The molecule has 1 aliphatic rings. The molecule has 0 saturated carbocycles. The Morgan fingerprint density at radius 1 is 1.21 bits per heavy atom. The van der Waals surface area contributed by atoms with Crippen LogP contribution < -0.4 is 0 Å². The molecule has 0 radical (unpaired) electrons. The fourth-order valence-corrected chi connectivity index (χ4v) is 5.40. The largest absolute Gasteiger partial charge is 0.417 e. The zero-order chi connectivity index (χ0) is 27.8. The number of aromatic nitrogens is 4. The Labute approximate surface area is 223 Å². The van der Waals surface area contributed by atoms with Gasteiger partial charge in [-0.25, -0.2) is 19.0 Å². The van der Waals surface area contributed by atoms with Crippen molar-refractivity contribution in [2.45, 2.75) is 58.0 Å². The molecule has 1 atom stereocenters. The van der Waals surface area contributed by atoms with Gasteiger partial charge in [0.15, 0.2) is 11.6 Å². The highest BCUT2D eigenvalue weighted by Crippen LogP contribution is 2.39. The van der Waals surface area contributed by atoms with E-state index in [4.69, 9.17) is 21.4 Å². The molecule has 2 aromatic heterocycles. The van der Waals surface area contributed by atoms with Crippen molar-refractivity contribution in [3.05, 3.63) is 63.8 Å². The molecule has 1 aromatic carbocycles. The van der Waals surface area contributed by atoms with Gasteiger partial charge in [0.05, 0.1) is 40.3 Å². The van der Waals surface area contributed by atoms with Crippen molar-refractivity contribution in [2.75, 3.05) is 13.2 Å². The van der Waals surface area contributed by atoms with Gasteiger partial charge in [-0.05, 0) is 31.5 Å². The average Bonchev–Trinajstić information content (AvgIpc) is 3.20. The zero-order valence-electron chi connectivity index (χ0n) is 21.4. The number of ether oxygens (including phenoxy) is 1. The third-order valence-corrected chi connectivity index (χ3v) is 8.50. The number of benzene rings is 1. The standard InChI is InChI=1S/C25H28ClF4N5O2Si/c1-15-21-18(8-9-34(15)24(36)17-6-5-7-19(20(17)26)25(28,29)30)22(23-31-12-16(27)13-32-23)35(33-21)14-37-10-11-38(2,3)4/h5-7,12-13,15H,8-11,14H2,1-4H3/t15-/m1/s1. The van der Waals surface area contributed by atoms with Gasteiger partial charge in [0.25, 0.3) is 5.91 Å². The van der Waals surface area contributed by atoms with Gasteiger partial charge >= 0.3 is 6.18 Å². The van der Waals surface area contributed by atoms with Crippen molar-refractivity contribution in [3.8, 4) is 11.5 Å². The van der Waals surface area contributed by atoms with Crippen molar-refractivity contribution < 1.29 is 27.1 Å². The smallest absolute Gasteiger partial charge is 0.360 e. The van der Waals surface area contributed by atoms with E-state index in [2.05, 4.69) is 29.6 Å². The van der Waals surface area contributed by atoms with Crippen LogP contribution in [0.25, 0.3) is 11.5 Å². The number of hydrogen-bond acceptors (Lipinski definition) is 5. The number of carbonyl (C=O) groups is 1. The minimum absolute atomic E-state index is 0.105. The van der Waals surface area contributed by atoms with Crippen LogP contribution in [0.15, 0.2) is 30.6 Å². The number of hydrogen-bond donors (Lipinski definition) is 0. The molecule has 3 heterocycles. The van der Waals surface area contributed by atoms with Gasteiger partial charge in [-0.15, -0.1) is 0 Å². The predicted molar refractivity (Wildman–Crippen MR) is 137 cm³/mol. The molecule has 0 bridgehead atoms. The molecule has 0 spiro atoms. The van der Waals surface area contributed by atoms with Crippen molar-refractivity contribution in [1.29, 1.82) is 0 Å². The number of alkyl halides is 3. The number of halogens is 5. The van der Waals surface area contributed by atoms with Crippen LogP contribution in [0.4, 0.5) is 17.6 Å². The van der Waals surface area contributed by atoms with Gasteiger partial charge in [-0.2, -0.15) is 18.3 Å². The monoisotopic (exact) mass is 569 g/mol. The molecule has 204 valence electrons. The lowest BCUT2D eigenvalue weighted by molar-refractivity contribution is -0.137. The zero-order valence-corrected chi connectivity index (χ0v) is 23.2. The summed E-state index contributed by atoms with van der Waals surface area (Å²) in [5.41, 5.74) is 0.587. The number of carbonyl (C=O) groups excluding carboxylic acids is 1. The fourth-order valence-electron chi connectivity index (χ4n) is 4.33. The Bertz CT molecular complexity index is 1330. The first kappa shape index (κ1) is 28.2. The van der Waals surface area contributed by atoms with E-state index < -0.39 is 42.6 Å². The lowest BCUT2D eigenvalue weighted by Gasteiger charge is -2.33. The highest BCUT2D eigenvalue weighted by molar-refractivity contribution is 6.76. The second-order valence-corrected chi connectivity index (χ2v) is 16.4. The van der Waals surface area contributed by atoms with Crippen LogP contribution in [0.3, 0.4) is 0 Å². The summed E-state index contributed by atoms with van der Waals surface area (Å²) in [6.45, 7) is 9.32. The summed E-state index contributed by atoms with van der Waals surface area (Å²) in [6, 6.07) is 3.66. The number of rotatable bonds is 7. The molecule has 13 heteroatoms. The molecule has 0 saturated heterocycles. The summed E-state index contributed by atoms with van der Waals surface area (Å²) in [5, 5.41) is 4.06. The first-order valence-electron chi connectivity index (χ1n) is 12.1.